The summed E-state index contributed by atoms with van der Waals surface area (Å²) in [6, 6.07) is 5.73. The number of halogens is 2. The molecule has 0 spiro atoms. The fourth-order valence-electron chi connectivity index (χ4n) is 4.60. The van der Waals surface area contributed by atoms with Gasteiger partial charge in [0, 0.05) is 46.3 Å². The van der Waals surface area contributed by atoms with Crippen molar-refractivity contribution in [1.29, 1.82) is 0 Å². The van der Waals surface area contributed by atoms with Crippen LogP contribution in [0, 0.1) is 11.7 Å². The molecule has 1 N–H and O–H groups in total. The molecule has 0 aliphatic carbocycles. The minimum atomic E-state index is -1.33. The number of likely N-dealkylation sites (N-methyl/N-ethyl adjacent to an activating group) is 1. The first-order valence-electron chi connectivity index (χ1n) is 15.0. The zero-order valence-corrected chi connectivity index (χ0v) is 28.6. The van der Waals surface area contributed by atoms with Gasteiger partial charge < -0.3 is 19.5 Å². The van der Waals surface area contributed by atoms with Crippen molar-refractivity contribution in [2.45, 2.75) is 78.5 Å². The minimum absolute atomic E-state index is 0.0404. The lowest BCUT2D eigenvalue weighted by atomic mass is 10.1. The van der Waals surface area contributed by atoms with E-state index in [2.05, 4.69) is 43.8 Å². The number of carbonyl (C=O) groups is 2. The number of fused-ring (bicyclic) bond motifs is 1. The second-order valence-corrected chi connectivity index (χ2v) is 18.9. The van der Waals surface area contributed by atoms with Gasteiger partial charge >= 0.3 is 0 Å². The molecule has 0 aliphatic heterocycles. The number of allylic oxidation sites excluding steroid dienone is 1. The number of nitrogens with one attached hydrogen (secondary N) is 1. The molecule has 0 bridgehead atoms. The van der Waals surface area contributed by atoms with Crippen LogP contribution < -0.4 is 10.9 Å². The molecule has 0 radical (unpaired) electrons. The quantitative estimate of drug-likeness (QED) is 0.0905. The largest absolute Gasteiger partial charge is 0.361 e. The maximum absolute atomic E-state index is 15.1. The molecule has 0 saturated carbocycles. The van der Waals surface area contributed by atoms with E-state index in [4.69, 9.17) is 16.3 Å². The van der Waals surface area contributed by atoms with Gasteiger partial charge in [-0.15, -0.1) is 0 Å². The third-order valence-corrected chi connectivity index (χ3v) is 9.09. The standard InChI is InChI=1S/C32H45ClFN5O4Si/c1-22(2)17-27-31-24(25(34)19-35-27)18-23(39(31)21-43-15-16-44(5,6)7)20-38-28(33)14-13-26(32(38)42)36-29(40)11-9-8-10-12-30(41)37(3)4/h10,12-14,18-19,22H,8-9,11,15-17,20-21H2,1-7H3,(H,36,40)/b12-10+. The van der Waals surface area contributed by atoms with E-state index in [9.17, 15) is 14.4 Å². The van der Waals surface area contributed by atoms with Crippen LogP contribution in [-0.2, 0) is 34.0 Å². The van der Waals surface area contributed by atoms with Gasteiger partial charge in [0.05, 0.1) is 24.0 Å². The van der Waals surface area contributed by atoms with Crippen molar-refractivity contribution >= 4 is 48.1 Å². The summed E-state index contributed by atoms with van der Waals surface area (Å²) < 4.78 is 24.4. The van der Waals surface area contributed by atoms with E-state index >= 15 is 4.39 Å². The normalized spacial score (nSPS) is 12.0. The van der Waals surface area contributed by atoms with Crippen LogP contribution in [0.1, 0.15) is 44.5 Å². The molecule has 44 heavy (non-hydrogen) atoms. The molecule has 9 nitrogen and oxygen atoms in total. The molecule has 0 atom stereocenters. The minimum Gasteiger partial charge on any atom is -0.361 e. The van der Waals surface area contributed by atoms with E-state index in [1.165, 1.54) is 27.8 Å². The smallest absolute Gasteiger partial charge is 0.275 e. The molecule has 3 rings (SSSR count). The number of rotatable bonds is 15. The number of anilines is 1. The number of hydrogen-bond acceptors (Lipinski definition) is 5. The lowest BCUT2D eigenvalue weighted by Crippen LogP contribution is -2.27. The number of unbranched alkanes of at least 4 members (excludes halogenated alkanes) is 1. The van der Waals surface area contributed by atoms with Gasteiger partial charge in [0.25, 0.3) is 5.56 Å². The summed E-state index contributed by atoms with van der Waals surface area (Å²) in [7, 11) is 2.01. The molecule has 0 aromatic carbocycles. The van der Waals surface area contributed by atoms with Gasteiger partial charge in [-0.2, -0.15) is 0 Å². The molecule has 0 saturated heterocycles. The van der Waals surface area contributed by atoms with Crippen molar-refractivity contribution in [2.24, 2.45) is 5.92 Å². The maximum atomic E-state index is 15.1. The second-order valence-electron chi connectivity index (χ2n) is 12.9. The predicted octanol–water partition coefficient (Wildman–Crippen LogP) is 6.30. The lowest BCUT2D eigenvalue weighted by Gasteiger charge is -2.18. The van der Waals surface area contributed by atoms with Crippen molar-refractivity contribution < 1.29 is 18.7 Å². The molecule has 3 aromatic rings. The Morgan fingerprint density at radius 3 is 2.59 bits per heavy atom. The Kier molecular flexibility index (Phi) is 12.5. The number of hydrogen-bond donors (Lipinski definition) is 1. The van der Waals surface area contributed by atoms with E-state index in [-0.39, 0.29) is 42.4 Å². The second kappa shape index (κ2) is 15.6. The van der Waals surface area contributed by atoms with Crippen LogP contribution in [0.4, 0.5) is 10.1 Å². The van der Waals surface area contributed by atoms with Gasteiger partial charge in [0.15, 0.2) is 5.82 Å². The third kappa shape index (κ3) is 9.87. The Morgan fingerprint density at radius 2 is 1.93 bits per heavy atom. The highest BCUT2D eigenvalue weighted by Gasteiger charge is 2.20. The number of ether oxygens (including phenoxy) is 1. The summed E-state index contributed by atoms with van der Waals surface area (Å²) >= 11 is 6.50. The number of nitrogens with zero attached hydrogens (tertiary/aromatic N) is 4. The highest BCUT2D eigenvalue weighted by molar-refractivity contribution is 6.76. The first-order valence-corrected chi connectivity index (χ1v) is 19.1. The summed E-state index contributed by atoms with van der Waals surface area (Å²) in [5, 5.41) is 3.28. The van der Waals surface area contributed by atoms with E-state index in [1.807, 2.05) is 4.57 Å². The number of carbonyl (C=O) groups excluding carboxylic acids is 2. The van der Waals surface area contributed by atoms with E-state index in [0.717, 1.165) is 11.7 Å². The van der Waals surface area contributed by atoms with Gasteiger partial charge in [-0.25, -0.2) is 4.39 Å². The van der Waals surface area contributed by atoms with Crippen molar-refractivity contribution in [2.75, 3.05) is 26.0 Å². The molecular weight excluding hydrogens is 601 g/mol. The topological polar surface area (TPSA) is 98.5 Å². The predicted molar refractivity (Wildman–Crippen MR) is 177 cm³/mol. The Bertz CT molecular complexity index is 1560. The first kappa shape index (κ1) is 35.2. The Morgan fingerprint density at radius 1 is 1.20 bits per heavy atom. The molecule has 240 valence electrons. The summed E-state index contributed by atoms with van der Waals surface area (Å²) in [6.45, 7) is 11.8. The average molecular weight is 646 g/mol. The summed E-state index contributed by atoms with van der Waals surface area (Å²) in [5.74, 6) is -0.595. The molecule has 12 heteroatoms. The molecule has 0 aliphatic rings. The van der Waals surface area contributed by atoms with Crippen molar-refractivity contribution in [3.05, 3.63) is 69.3 Å². The summed E-state index contributed by atoms with van der Waals surface area (Å²) in [6.07, 6.45) is 6.33. The van der Waals surface area contributed by atoms with E-state index in [1.54, 1.807) is 32.3 Å². The first-order chi connectivity index (χ1) is 20.7. The van der Waals surface area contributed by atoms with Gasteiger partial charge in [-0.05, 0) is 55.5 Å². The number of aromatic nitrogens is 3. The maximum Gasteiger partial charge on any atom is 0.275 e. The molecule has 0 unspecified atom stereocenters. The van der Waals surface area contributed by atoms with Crippen LogP contribution in [0.5, 0.6) is 0 Å². The number of pyridine rings is 2. The molecule has 3 aromatic heterocycles. The van der Waals surface area contributed by atoms with Crippen LogP contribution in [0.3, 0.4) is 0 Å². The third-order valence-electron chi connectivity index (χ3n) is 7.06. The van der Waals surface area contributed by atoms with E-state index < -0.39 is 19.5 Å². The van der Waals surface area contributed by atoms with Gasteiger partial charge in [0.1, 0.15) is 17.6 Å². The zero-order valence-electron chi connectivity index (χ0n) is 26.9. The Balaban J connectivity index is 1.88. The van der Waals surface area contributed by atoms with Crippen LogP contribution in [-0.4, -0.2) is 59.6 Å². The fraction of sp³-hybridized carbons (Fsp3) is 0.500. The fourth-order valence-corrected chi connectivity index (χ4v) is 5.55. The highest BCUT2D eigenvalue weighted by Crippen LogP contribution is 2.28. The van der Waals surface area contributed by atoms with Gasteiger partial charge in [-0.3, -0.25) is 23.9 Å². The molecule has 2 amide bonds. The zero-order chi connectivity index (χ0) is 32.6. The molecule has 0 fully saturated rings. The molecule has 3 heterocycles. The van der Waals surface area contributed by atoms with Crippen LogP contribution in [0.25, 0.3) is 10.9 Å². The lowest BCUT2D eigenvalue weighted by molar-refractivity contribution is -0.123. The molecular formula is C32H45ClFN5O4Si. The van der Waals surface area contributed by atoms with Crippen LogP contribution >= 0.6 is 11.6 Å². The highest BCUT2D eigenvalue weighted by atomic mass is 35.5. The van der Waals surface area contributed by atoms with Crippen molar-refractivity contribution in [1.82, 2.24) is 19.0 Å². The van der Waals surface area contributed by atoms with Gasteiger partial charge in [-0.1, -0.05) is 51.2 Å². The Labute approximate surface area is 265 Å². The van der Waals surface area contributed by atoms with Crippen LogP contribution in [0.15, 0.2) is 41.3 Å². The number of amides is 2. The van der Waals surface area contributed by atoms with Crippen LogP contribution in [0.2, 0.25) is 30.8 Å². The Hall–Kier alpha value is -3.28. The SMILES string of the molecule is CC(C)Cc1ncc(F)c2cc(Cn3c(Cl)ccc(NC(=O)CCC/C=C/C(=O)N(C)C)c3=O)n(COCC[Si](C)(C)C)c12. The average Bonchev–Trinajstić information content (AvgIpc) is 3.30. The van der Waals surface area contributed by atoms with Gasteiger partial charge in [0.2, 0.25) is 11.8 Å². The summed E-state index contributed by atoms with van der Waals surface area (Å²) in [5.41, 5.74) is 1.67. The van der Waals surface area contributed by atoms with Crippen molar-refractivity contribution in [3.63, 3.8) is 0 Å². The van der Waals surface area contributed by atoms with E-state index in [0.29, 0.717) is 48.4 Å². The summed E-state index contributed by atoms with van der Waals surface area (Å²) in [4.78, 5) is 43.7. The monoisotopic (exact) mass is 645 g/mol. The van der Waals surface area contributed by atoms with Crippen molar-refractivity contribution in [3.8, 4) is 0 Å².